The molecule has 0 aliphatic carbocycles. The van der Waals surface area contributed by atoms with E-state index in [9.17, 15) is 20.0 Å². The maximum atomic E-state index is 12.0. The average molecular weight is 359 g/mol. The summed E-state index contributed by atoms with van der Waals surface area (Å²) in [5.74, 6) is 0.116. The van der Waals surface area contributed by atoms with Crippen molar-refractivity contribution in [3.05, 3.63) is 58.1 Å². The van der Waals surface area contributed by atoms with Gasteiger partial charge in [0.15, 0.2) is 17.6 Å². The molecule has 0 bridgehead atoms. The first-order chi connectivity index (χ1) is 12.4. The van der Waals surface area contributed by atoms with Crippen molar-refractivity contribution in [2.75, 3.05) is 7.11 Å². The summed E-state index contributed by atoms with van der Waals surface area (Å²) in [5, 5.41) is 23.9. The second-order valence-electron chi connectivity index (χ2n) is 5.18. The van der Waals surface area contributed by atoms with E-state index < -0.39 is 16.9 Å². The van der Waals surface area contributed by atoms with E-state index in [2.05, 4.69) is 10.5 Å². The molecule has 2 aromatic rings. The molecule has 9 heteroatoms. The van der Waals surface area contributed by atoms with Gasteiger partial charge in [0.2, 0.25) is 0 Å². The molecule has 0 saturated heterocycles. The van der Waals surface area contributed by atoms with Crippen molar-refractivity contribution in [3.8, 4) is 17.2 Å². The van der Waals surface area contributed by atoms with Crippen LogP contribution in [0.3, 0.4) is 0 Å². The van der Waals surface area contributed by atoms with E-state index in [0.717, 1.165) is 0 Å². The first-order valence-electron chi connectivity index (χ1n) is 7.51. The molecule has 1 amide bonds. The van der Waals surface area contributed by atoms with E-state index in [1.54, 1.807) is 12.1 Å². The standard InChI is InChI=1S/C17H17N3O6/c1-11(26-14-6-4-13(5-7-14)20(23)24)17(22)19-18-10-12-3-8-15(21)16(9-12)25-2/h3-11,21H,1-2H3,(H,19,22)/b18-10-/t11-/m0/s1. The number of nitrogens with one attached hydrogen (secondary N) is 1. The third kappa shape index (κ3) is 4.94. The lowest BCUT2D eigenvalue weighted by Gasteiger charge is -2.12. The Morgan fingerprint density at radius 3 is 2.62 bits per heavy atom. The van der Waals surface area contributed by atoms with Crippen LogP contribution >= 0.6 is 0 Å². The fraction of sp³-hybridized carbons (Fsp3) is 0.176. The summed E-state index contributed by atoms with van der Waals surface area (Å²) in [6, 6.07) is 10.0. The van der Waals surface area contributed by atoms with Crippen molar-refractivity contribution in [1.29, 1.82) is 0 Å². The normalized spacial score (nSPS) is 11.8. The number of non-ortho nitro benzene ring substituents is 1. The number of benzene rings is 2. The highest BCUT2D eigenvalue weighted by Crippen LogP contribution is 2.25. The minimum absolute atomic E-state index is 0.00111. The number of methoxy groups -OCH3 is 1. The lowest BCUT2D eigenvalue weighted by Crippen LogP contribution is -2.33. The number of phenols is 1. The van der Waals surface area contributed by atoms with Crippen LogP contribution in [0.2, 0.25) is 0 Å². The van der Waals surface area contributed by atoms with Crippen LogP contribution in [0.1, 0.15) is 12.5 Å². The summed E-state index contributed by atoms with van der Waals surface area (Å²) in [7, 11) is 1.43. The van der Waals surface area contributed by atoms with Crippen LogP contribution in [0.4, 0.5) is 5.69 Å². The van der Waals surface area contributed by atoms with Crippen LogP contribution in [0.15, 0.2) is 47.6 Å². The predicted molar refractivity (Wildman–Crippen MR) is 93.6 cm³/mol. The molecule has 2 N–H and O–H groups in total. The van der Waals surface area contributed by atoms with Crippen LogP contribution in [0.25, 0.3) is 0 Å². The van der Waals surface area contributed by atoms with Crippen molar-refractivity contribution in [2.45, 2.75) is 13.0 Å². The van der Waals surface area contributed by atoms with E-state index in [0.29, 0.717) is 11.3 Å². The Labute approximate surface area is 149 Å². The molecule has 9 nitrogen and oxygen atoms in total. The Morgan fingerprint density at radius 1 is 1.31 bits per heavy atom. The number of nitro groups is 1. The molecule has 0 saturated carbocycles. The van der Waals surface area contributed by atoms with Gasteiger partial charge in [-0.15, -0.1) is 0 Å². The number of rotatable bonds is 7. The molecule has 0 aliphatic rings. The van der Waals surface area contributed by atoms with Gasteiger partial charge in [-0.2, -0.15) is 5.10 Å². The monoisotopic (exact) mass is 359 g/mol. The number of hydrazone groups is 1. The van der Waals surface area contributed by atoms with E-state index in [-0.39, 0.29) is 17.2 Å². The minimum atomic E-state index is -0.858. The van der Waals surface area contributed by atoms with E-state index in [1.807, 2.05) is 0 Å². The van der Waals surface area contributed by atoms with Crippen LogP contribution in [0, 0.1) is 10.1 Å². The lowest BCUT2D eigenvalue weighted by molar-refractivity contribution is -0.384. The fourth-order valence-electron chi connectivity index (χ4n) is 1.94. The van der Waals surface area contributed by atoms with E-state index in [1.165, 1.54) is 50.6 Å². The van der Waals surface area contributed by atoms with Gasteiger partial charge in [-0.3, -0.25) is 14.9 Å². The highest BCUT2D eigenvalue weighted by molar-refractivity contribution is 5.84. The zero-order valence-corrected chi connectivity index (χ0v) is 14.1. The molecule has 0 aliphatic heterocycles. The lowest BCUT2D eigenvalue weighted by atomic mass is 10.2. The third-order valence-electron chi connectivity index (χ3n) is 3.32. The van der Waals surface area contributed by atoms with E-state index >= 15 is 0 Å². The fourth-order valence-corrected chi connectivity index (χ4v) is 1.94. The van der Waals surface area contributed by atoms with E-state index in [4.69, 9.17) is 9.47 Å². The molecule has 0 heterocycles. The van der Waals surface area contributed by atoms with Crippen molar-refractivity contribution in [1.82, 2.24) is 5.43 Å². The van der Waals surface area contributed by atoms with Crippen LogP contribution in [-0.4, -0.2) is 35.4 Å². The molecule has 26 heavy (non-hydrogen) atoms. The second kappa shape index (κ2) is 8.47. The maximum Gasteiger partial charge on any atom is 0.280 e. The summed E-state index contributed by atoms with van der Waals surface area (Å²) in [5.41, 5.74) is 2.88. The van der Waals surface area contributed by atoms with Gasteiger partial charge < -0.3 is 14.6 Å². The minimum Gasteiger partial charge on any atom is -0.504 e. The number of aromatic hydroxyl groups is 1. The van der Waals surface area contributed by atoms with Crippen LogP contribution in [0.5, 0.6) is 17.2 Å². The number of amides is 1. The average Bonchev–Trinajstić information content (AvgIpc) is 2.63. The zero-order chi connectivity index (χ0) is 19.1. The first-order valence-corrected chi connectivity index (χ1v) is 7.51. The number of phenolic OH excluding ortho intramolecular Hbond substituents is 1. The highest BCUT2D eigenvalue weighted by atomic mass is 16.6. The number of ether oxygens (including phenoxy) is 2. The Bertz CT molecular complexity index is 820. The Kier molecular flexibility index (Phi) is 6.10. The van der Waals surface area contributed by atoms with Gasteiger partial charge >= 0.3 is 0 Å². The van der Waals surface area contributed by atoms with Gasteiger partial charge in [-0.05, 0) is 42.8 Å². The van der Waals surface area contributed by atoms with Crippen molar-refractivity contribution in [3.63, 3.8) is 0 Å². The molecule has 2 aromatic carbocycles. The van der Waals surface area contributed by atoms with Gasteiger partial charge in [0.25, 0.3) is 11.6 Å². The SMILES string of the molecule is COc1cc(/C=N\NC(=O)[C@H](C)Oc2ccc([N+](=O)[O-])cc2)ccc1O. The Balaban J connectivity index is 1.91. The van der Waals surface area contributed by atoms with Gasteiger partial charge in [0, 0.05) is 12.1 Å². The molecule has 0 fully saturated rings. The molecule has 0 aromatic heterocycles. The number of carbonyl (C=O) groups excluding carboxylic acids is 1. The molecular weight excluding hydrogens is 342 g/mol. The van der Waals surface area contributed by atoms with Gasteiger partial charge in [-0.25, -0.2) is 5.43 Å². The molecular formula is C17H17N3O6. The molecule has 1 atom stereocenters. The number of hydrogen-bond acceptors (Lipinski definition) is 7. The van der Waals surface area contributed by atoms with Crippen molar-refractivity contribution >= 4 is 17.8 Å². The summed E-state index contributed by atoms with van der Waals surface area (Å²) in [4.78, 5) is 22.0. The largest absolute Gasteiger partial charge is 0.504 e. The maximum absolute atomic E-state index is 12.0. The van der Waals surface area contributed by atoms with Crippen molar-refractivity contribution in [2.24, 2.45) is 5.10 Å². The molecule has 0 spiro atoms. The predicted octanol–water partition coefficient (Wildman–Crippen LogP) is 2.23. The summed E-state index contributed by atoms with van der Waals surface area (Å²) in [6.07, 6.45) is 0.529. The third-order valence-corrected chi connectivity index (χ3v) is 3.32. The summed E-state index contributed by atoms with van der Waals surface area (Å²) < 4.78 is 10.4. The van der Waals surface area contributed by atoms with Gasteiger partial charge in [0.1, 0.15) is 5.75 Å². The number of hydrogen-bond donors (Lipinski definition) is 2. The second-order valence-corrected chi connectivity index (χ2v) is 5.18. The van der Waals surface area contributed by atoms with Gasteiger partial charge in [0.05, 0.1) is 18.2 Å². The van der Waals surface area contributed by atoms with Gasteiger partial charge in [-0.1, -0.05) is 0 Å². The Hall–Kier alpha value is -3.62. The quantitative estimate of drug-likeness (QED) is 0.444. The number of carbonyl (C=O) groups is 1. The highest BCUT2D eigenvalue weighted by Gasteiger charge is 2.14. The zero-order valence-electron chi connectivity index (χ0n) is 14.1. The summed E-state index contributed by atoms with van der Waals surface area (Å²) >= 11 is 0. The van der Waals surface area contributed by atoms with Crippen LogP contribution in [-0.2, 0) is 4.79 Å². The molecule has 136 valence electrons. The molecule has 0 radical (unpaired) electrons. The Morgan fingerprint density at radius 2 is 2.00 bits per heavy atom. The number of nitro benzene ring substituents is 1. The van der Waals surface area contributed by atoms with Crippen molar-refractivity contribution < 1.29 is 24.3 Å². The topological polar surface area (TPSA) is 123 Å². The first kappa shape index (κ1) is 18.7. The smallest absolute Gasteiger partial charge is 0.280 e. The number of nitrogens with zero attached hydrogens (tertiary/aromatic N) is 2. The molecule has 0 unspecified atom stereocenters. The van der Waals surface area contributed by atoms with Crippen LogP contribution < -0.4 is 14.9 Å². The summed E-state index contributed by atoms with van der Waals surface area (Å²) in [6.45, 7) is 1.52. The molecule has 2 rings (SSSR count).